The van der Waals surface area contributed by atoms with Gasteiger partial charge in [0, 0.05) is 5.92 Å². The lowest BCUT2D eigenvalue weighted by molar-refractivity contribution is -0.401. The minimum absolute atomic E-state index is 0.0620. The van der Waals surface area contributed by atoms with E-state index in [-0.39, 0.29) is 11.8 Å². The lowest BCUT2D eigenvalue weighted by Crippen LogP contribution is -2.67. The Morgan fingerprint density at radius 1 is 0.500 bits per heavy atom. The van der Waals surface area contributed by atoms with Gasteiger partial charge in [0.1, 0.15) is 116 Å². The third-order valence-electron chi connectivity index (χ3n) is 23.7. The molecule has 96 heavy (non-hydrogen) atoms. The number of carboxylic acids is 1. The number of aliphatic hydroxyl groups is 17. The maximum absolute atomic E-state index is 14.1. The van der Waals surface area contributed by atoms with E-state index in [1.165, 1.54) is 11.1 Å². The van der Waals surface area contributed by atoms with E-state index in [0.717, 1.165) is 37.7 Å². The minimum atomic E-state index is -2.20. The van der Waals surface area contributed by atoms with Crippen LogP contribution in [0.2, 0.25) is 0 Å². The third kappa shape index (κ3) is 13.8. The number of carbonyl (C=O) groups is 1. The Balaban J connectivity index is 0.889. The number of fused-ring (bicyclic) bond motifs is 4. The molecule has 31 heteroatoms. The van der Waals surface area contributed by atoms with Gasteiger partial charge < -0.3 is 149 Å². The van der Waals surface area contributed by atoms with Crippen LogP contribution in [0.3, 0.4) is 0 Å². The summed E-state index contributed by atoms with van der Waals surface area (Å²) in [4.78, 5) is 14.1. The van der Waals surface area contributed by atoms with E-state index in [9.17, 15) is 96.7 Å². The topological polar surface area (TPSA) is 492 Å². The zero-order chi connectivity index (χ0) is 70.0. The zero-order valence-corrected chi connectivity index (χ0v) is 55.4. The van der Waals surface area contributed by atoms with Crippen molar-refractivity contribution >= 4 is 5.97 Å². The van der Waals surface area contributed by atoms with Crippen molar-refractivity contribution in [3.05, 3.63) is 22.8 Å². The van der Waals surface area contributed by atoms with Crippen molar-refractivity contribution in [1.29, 1.82) is 0 Å². The van der Waals surface area contributed by atoms with Gasteiger partial charge in [-0.1, -0.05) is 57.4 Å². The van der Waals surface area contributed by atoms with Crippen LogP contribution in [0.15, 0.2) is 22.8 Å². The predicted octanol–water partition coefficient (Wildman–Crippen LogP) is -3.99. The SMILES string of the molecule is CC(C)=CCCC(C)C1CCC2(C(=O)O)C3=C(CCC12C)C1(C)CCC(OC2OCC(O)C(OC4OC(CO)C(CO)C(OC5OC(CO)C(OC6OC(CO)C(O)C(O)C6OC6OCC(O)C(O)C6O)C(O)C5O)C4O)C2OC2OC(CO)C(O)C(O)C2O)C(C)(C)C1CC3. The van der Waals surface area contributed by atoms with Crippen molar-refractivity contribution in [3.8, 4) is 0 Å². The second kappa shape index (κ2) is 30.6. The summed E-state index contributed by atoms with van der Waals surface area (Å²) in [7, 11) is 0. The van der Waals surface area contributed by atoms with E-state index in [2.05, 4.69) is 54.5 Å². The Kier molecular flexibility index (Phi) is 24.4. The van der Waals surface area contributed by atoms with Crippen LogP contribution >= 0.6 is 0 Å². The highest BCUT2D eigenvalue weighted by molar-refractivity contribution is 5.82. The first kappa shape index (κ1) is 76.4. The molecule has 10 rings (SSSR count). The molecule has 0 aromatic heterocycles. The van der Waals surface area contributed by atoms with Gasteiger partial charge >= 0.3 is 5.97 Å². The summed E-state index contributed by atoms with van der Waals surface area (Å²) in [5.74, 6) is -1.68. The fourth-order valence-corrected chi connectivity index (χ4v) is 18.3. The van der Waals surface area contributed by atoms with Crippen LogP contribution in [-0.4, -0.2) is 316 Å². The normalized spacial score (nSPS) is 50.1. The van der Waals surface area contributed by atoms with Crippen molar-refractivity contribution in [3.63, 3.8) is 0 Å². The van der Waals surface area contributed by atoms with Gasteiger partial charge in [-0.05, 0) is 112 Å². The molecule has 8 fully saturated rings. The molecule has 0 aromatic rings. The predicted molar refractivity (Wildman–Crippen MR) is 323 cm³/mol. The summed E-state index contributed by atoms with van der Waals surface area (Å²) in [6.45, 7) is 9.41. The Morgan fingerprint density at radius 2 is 1.03 bits per heavy atom. The van der Waals surface area contributed by atoms with Crippen molar-refractivity contribution in [1.82, 2.24) is 0 Å². The van der Waals surface area contributed by atoms with Crippen molar-refractivity contribution in [2.45, 2.75) is 285 Å². The average Bonchev–Trinajstić information content (AvgIpc) is 1.32. The quantitative estimate of drug-likeness (QED) is 0.0460. The van der Waals surface area contributed by atoms with Gasteiger partial charge in [0.25, 0.3) is 0 Å². The smallest absolute Gasteiger partial charge is 0.314 e. The number of carboxylic acid groups (broad SMARTS) is 1. The first-order valence-electron chi connectivity index (χ1n) is 34.0. The Labute approximate surface area is 556 Å². The molecular weight excluding hydrogens is 1280 g/mol. The van der Waals surface area contributed by atoms with E-state index in [0.29, 0.717) is 38.0 Å². The van der Waals surface area contributed by atoms with Gasteiger partial charge in [0.15, 0.2) is 37.7 Å². The van der Waals surface area contributed by atoms with Crippen molar-refractivity contribution in [2.24, 2.45) is 45.3 Å². The van der Waals surface area contributed by atoms with Crippen LogP contribution in [-0.2, 0) is 61.6 Å². The summed E-state index contributed by atoms with van der Waals surface area (Å²) in [6.07, 6.45) is -41.0. The van der Waals surface area contributed by atoms with Gasteiger partial charge in [0.05, 0.1) is 70.0 Å². The maximum atomic E-state index is 14.1. The monoisotopic (exact) mass is 1380 g/mol. The molecule has 31 nitrogen and oxygen atoms in total. The number of hydrogen-bond acceptors (Lipinski definition) is 30. The summed E-state index contributed by atoms with van der Waals surface area (Å²) < 4.78 is 72.9. The molecule has 0 radical (unpaired) electrons. The van der Waals surface area contributed by atoms with Crippen LogP contribution in [0.5, 0.6) is 0 Å². The molecule has 0 bridgehead atoms. The maximum Gasteiger partial charge on any atom is 0.314 e. The Bertz CT molecular complexity index is 2650. The van der Waals surface area contributed by atoms with Crippen LogP contribution in [0.25, 0.3) is 0 Å². The largest absolute Gasteiger partial charge is 0.481 e. The highest BCUT2D eigenvalue weighted by Gasteiger charge is 2.69. The average molecular weight is 1380 g/mol. The van der Waals surface area contributed by atoms with E-state index >= 15 is 0 Å². The van der Waals surface area contributed by atoms with E-state index in [4.69, 9.17) is 56.8 Å². The number of hydrogen-bond donors (Lipinski definition) is 18. The molecule has 4 aliphatic carbocycles. The lowest BCUT2D eigenvalue weighted by Gasteiger charge is -2.62. The molecule has 2 saturated carbocycles. The second-order valence-electron chi connectivity index (χ2n) is 29.8. The van der Waals surface area contributed by atoms with Crippen LogP contribution in [0.4, 0.5) is 0 Å². The minimum Gasteiger partial charge on any atom is -0.481 e. The molecule has 10 aliphatic rings. The molecule has 6 heterocycles. The summed E-state index contributed by atoms with van der Waals surface area (Å²) >= 11 is 0. The van der Waals surface area contributed by atoms with Crippen molar-refractivity contribution < 1.29 is 154 Å². The van der Waals surface area contributed by atoms with Crippen LogP contribution in [0.1, 0.15) is 113 Å². The van der Waals surface area contributed by atoms with Crippen LogP contribution in [0, 0.1) is 45.3 Å². The molecule has 18 N–H and O–H groups in total. The molecule has 0 spiro atoms. The lowest BCUT2D eigenvalue weighted by atomic mass is 9.43. The van der Waals surface area contributed by atoms with E-state index < -0.39 is 252 Å². The highest BCUT2D eigenvalue weighted by atomic mass is 16.8. The Hall–Kier alpha value is -2.21. The number of ether oxygens (including phenoxy) is 12. The van der Waals surface area contributed by atoms with E-state index in [1.54, 1.807) is 0 Å². The standard InChI is InChI=1S/C65H106O31/c1-26(2)9-8-10-27(3)29-14-18-65(61(83)84)31-11-12-38-62(4,5)39(15-16-63(38,6)30(31)13-17-64(29,65)7)91-59-54(96-56-47(80)43(76)41(74)35(21-68)88-56)51(33(72)25-86-59)93-58-49(82)50(28(19-66)34(20-67)87-58)92-57-48(81)45(78)52(37(23-70)90-57)94-60-53(44(77)42(75)36(22-69)89-60)95-55-46(79)40(73)32(71)24-85-55/h9,27-29,32-60,66-82H,8,10-25H2,1-7H3,(H,83,84). The fourth-order valence-electron chi connectivity index (χ4n) is 18.3. The number of aliphatic hydroxyl groups excluding tert-OH is 17. The summed E-state index contributed by atoms with van der Waals surface area (Å²) in [5.41, 5.74) is 0.915. The summed E-state index contributed by atoms with van der Waals surface area (Å²) in [5, 5.41) is 198. The Morgan fingerprint density at radius 3 is 1.67 bits per heavy atom. The first-order valence-corrected chi connectivity index (χ1v) is 34.0. The molecule has 6 aliphatic heterocycles. The first-order chi connectivity index (χ1) is 45.4. The molecule has 35 atom stereocenters. The summed E-state index contributed by atoms with van der Waals surface area (Å²) in [6, 6.07) is 0. The highest BCUT2D eigenvalue weighted by Crippen LogP contribution is 2.73. The second-order valence-corrected chi connectivity index (χ2v) is 29.8. The molecule has 0 amide bonds. The van der Waals surface area contributed by atoms with Crippen LogP contribution < -0.4 is 0 Å². The number of aliphatic carboxylic acids is 1. The number of rotatable bonds is 22. The number of allylic oxidation sites excluding steroid dienone is 3. The van der Waals surface area contributed by atoms with Gasteiger partial charge in [0.2, 0.25) is 0 Å². The molecule has 35 unspecified atom stereocenters. The van der Waals surface area contributed by atoms with E-state index in [1.807, 2.05) is 0 Å². The van der Waals surface area contributed by atoms with Gasteiger partial charge in [-0.2, -0.15) is 0 Å². The molecule has 6 saturated heterocycles. The van der Waals surface area contributed by atoms with Crippen molar-refractivity contribution in [2.75, 3.05) is 46.2 Å². The van der Waals surface area contributed by atoms with Gasteiger partial charge in [-0.15, -0.1) is 0 Å². The molecule has 552 valence electrons. The molecule has 0 aromatic carbocycles. The third-order valence-corrected chi connectivity index (χ3v) is 23.7. The molecular formula is C65H106O31. The van der Waals surface area contributed by atoms with Gasteiger partial charge in [-0.3, -0.25) is 4.79 Å². The fraction of sp³-hybridized carbons (Fsp3) is 0.923. The van der Waals surface area contributed by atoms with Gasteiger partial charge in [-0.25, -0.2) is 0 Å². The zero-order valence-electron chi connectivity index (χ0n) is 55.4.